The maximum absolute atomic E-state index is 13.6. The number of hydrogen-bond donors (Lipinski definition) is 0. The highest BCUT2D eigenvalue weighted by molar-refractivity contribution is 7.89. The molecule has 0 spiro atoms. The van der Waals surface area contributed by atoms with Gasteiger partial charge < -0.3 is 9.32 Å². The Hall–Kier alpha value is -3.50. The van der Waals surface area contributed by atoms with Gasteiger partial charge in [0.2, 0.25) is 10.0 Å². The number of benzene rings is 1. The first-order valence-electron chi connectivity index (χ1n) is 11.1. The molecule has 0 saturated carbocycles. The fraction of sp³-hybridized carbons (Fsp3) is 0.292. The largest absolute Gasteiger partial charge is 0.463 e. The van der Waals surface area contributed by atoms with E-state index in [2.05, 4.69) is 5.10 Å². The number of rotatable bonds is 5. The fourth-order valence-electron chi connectivity index (χ4n) is 4.17. The first-order valence-corrected chi connectivity index (χ1v) is 12.6. The van der Waals surface area contributed by atoms with Crippen molar-refractivity contribution in [1.29, 1.82) is 0 Å². The third-order valence-corrected chi connectivity index (χ3v) is 7.88. The lowest BCUT2D eigenvalue weighted by atomic mass is 10.1. The van der Waals surface area contributed by atoms with Crippen molar-refractivity contribution in [2.24, 2.45) is 0 Å². The van der Waals surface area contributed by atoms with Gasteiger partial charge in [0.1, 0.15) is 5.69 Å². The monoisotopic (exact) mass is 479 g/mol. The normalized spacial score (nSPS) is 15.3. The molecule has 4 aromatic rings. The Balaban J connectivity index is 1.44. The van der Waals surface area contributed by atoms with Crippen molar-refractivity contribution in [3.63, 3.8) is 0 Å². The molecule has 1 amide bonds. The zero-order valence-corrected chi connectivity index (χ0v) is 19.8. The van der Waals surface area contributed by atoms with Gasteiger partial charge in [-0.25, -0.2) is 18.1 Å². The van der Waals surface area contributed by atoms with Gasteiger partial charge in [-0.15, -0.1) is 0 Å². The number of carbonyl (C=O) groups is 1. The summed E-state index contributed by atoms with van der Waals surface area (Å²) in [5.74, 6) is 0.381. The lowest BCUT2D eigenvalue weighted by Crippen LogP contribution is -2.50. The maximum Gasteiger partial charge on any atom is 0.254 e. The van der Waals surface area contributed by atoms with Crippen molar-refractivity contribution in [1.82, 2.24) is 24.0 Å². The van der Waals surface area contributed by atoms with E-state index < -0.39 is 10.0 Å². The summed E-state index contributed by atoms with van der Waals surface area (Å²) in [4.78, 5) is 20.3. The summed E-state index contributed by atoms with van der Waals surface area (Å²) in [6, 6.07) is 13.7. The summed E-state index contributed by atoms with van der Waals surface area (Å²) >= 11 is 0. The molecule has 1 aliphatic heterocycles. The second-order valence-corrected chi connectivity index (χ2v) is 10.4. The number of amides is 1. The predicted molar refractivity (Wildman–Crippen MR) is 127 cm³/mol. The number of furan rings is 1. The smallest absolute Gasteiger partial charge is 0.254 e. The van der Waals surface area contributed by atoms with E-state index in [9.17, 15) is 13.2 Å². The molecule has 0 atom stereocenters. The highest BCUT2D eigenvalue weighted by atomic mass is 32.2. The summed E-state index contributed by atoms with van der Waals surface area (Å²) in [5, 5.41) is 5.11. The Kier molecular flexibility index (Phi) is 5.70. The van der Waals surface area contributed by atoms with Crippen LogP contribution in [0.15, 0.2) is 70.3 Å². The van der Waals surface area contributed by atoms with Gasteiger partial charge in [0, 0.05) is 32.2 Å². The van der Waals surface area contributed by atoms with Gasteiger partial charge in [0.15, 0.2) is 11.4 Å². The van der Waals surface area contributed by atoms with Gasteiger partial charge in [-0.05, 0) is 44.2 Å². The second-order valence-electron chi connectivity index (χ2n) is 8.46. The standard InChI is InChI=1S/C24H25N5O4S/c1-17(2)29-23-20(16-25-29)19(15-21(26-23)22-9-6-14-33-22)24(30)27-10-12-28(13-11-27)34(31,32)18-7-4-3-5-8-18/h3-9,14-17H,10-13H2,1-2H3. The number of fused-ring (bicyclic) bond motifs is 1. The highest BCUT2D eigenvalue weighted by Gasteiger charge is 2.31. The minimum atomic E-state index is -3.59. The Bertz CT molecular complexity index is 1420. The van der Waals surface area contributed by atoms with Gasteiger partial charge in [-0.1, -0.05) is 18.2 Å². The molecule has 0 bridgehead atoms. The first kappa shape index (κ1) is 22.3. The molecule has 0 radical (unpaired) electrons. The lowest BCUT2D eigenvalue weighted by molar-refractivity contribution is 0.0700. The van der Waals surface area contributed by atoms with Gasteiger partial charge >= 0.3 is 0 Å². The van der Waals surface area contributed by atoms with Crippen LogP contribution in [0.1, 0.15) is 30.2 Å². The van der Waals surface area contributed by atoms with E-state index in [1.54, 1.807) is 70.6 Å². The molecule has 1 aliphatic rings. The molecule has 0 unspecified atom stereocenters. The molecular formula is C24H25N5O4S. The predicted octanol–water partition coefficient (Wildman–Crippen LogP) is 3.42. The van der Waals surface area contributed by atoms with Crippen LogP contribution in [-0.4, -0.2) is 64.5 Å². The van der Waals surface area contributed by atoms with Crippen LogP contribution < -0.4 is 0 Å². The summed E-state index contributed by atoms with van der Waals surface area (Å²) in [5.41, 5.74) is 1.63. The summed E-state index contributed by atoms with van der Waals surface area (Å²) in [7, 11) is -3.59. The summed E-state index contributed by atoms with van der Waals surface area (Å²) < 4.78 is 34.6. The van der Waals surface area contributed by atoms with Crippen LogP contribution in [-0.2, 0) is 10.0 Å². The van der Waals surface area contributed by atoms with Crippen LogP contribution in [0.4, 0.5) is 0 Å². The van der Waals surface area contributed by atoms with Gasteiger partial charge in [0.05, 0.1) is 28.3 Å². The average Bonchev–Trinajstić information content (AvgIpc) is 3.54. The Morgan fingerprint density at radius 1 is 1.03 bits per heavy atom. The molecule has 1 saturated heterocycles. The molecule has 0 N–H and O–H groups in total. The SMILES string of the molecule is CC(C)n1ncc2c(C(=O)N3CCN(S(=O)(=O)c4ccccc4)CC3)cc(-c3ccco3)nc21. The summed E-state index contributed by atoms with van der Waals surface area (Å²) in [6.45, 7) is 5.05. The van der Waals surface area contributed by atoms with E-state index in [-0.39, 0.29) is 29.9 Å². The van der Waals surface area contributed by atoms with Gasteiger partial charge in [0.25, 0.3) is 5.91 Å². The molecular weight excluding hydrogens is 454 g/mol. The number of piperazine rings is 1. The Morgan fingerprint density at radius 3 is 2.41 bits per heavy atom. The van der Waals surface area contributed by atoms with Crippen molar-refractivity contribution < 1.29 is 17.6 Å². The number of nitrogens with zero attached hydrogens (tertiary/aromatic N) is 5. The van der Waals surface area contributed by atoms with E-state index in [0.29, 0.717) is 41.1 Å². The van der Waals surface area contributed by atoms with Crippen LogP contribution in [0.3, 0.4) is 0 Å². The van der Waals surface area contributed by atoms with Gasteiger partial charge in [-0.2, -0.15) is 9.40 Å². The number of pyridine rings is 1. The molecule has 10 heteroatoms. The van der Waals surface area contributed by atoms with E-state index in [1.165, 1.54) is 4.31 Å². The number of sulfonamides is 1. The molecule has 1 fully saturated rings. The highest BCUT2D eigenvalue weighted by Crippen LogP contribution is 2.28. The zero-order chi connectivity index (χ0) is 23.9. The summed E-state index contributed by atoms with van der Waals surface area (Å²) in [6.07, 6.45) is 3.23. The topological polar surface area (TPSA) is 102 Å². The molecule has 9 nitrogen and oxygen atoms in total. The maximum atomic E-state index is 13.6. The minimum Gasteiger partial charge on any atom is -0.463 e. The average molecular weight is 480 g/mol. The Labute approximate surface area is 197 Å². The van der Waals surface area contributed by atoms with Crippen molar-refractivity contribution in [2.75, 3.05) is 26.2 Å². The van der Waals surface area contributed by atoms with Crippen LogP contribution in [0.5, 0.6) is 0 Å². The minimum absolute atomic E-state index is 0.0616. The molecule has 5 rings (SSSR count). The second kappa shape index (κ2) is 8.69. The van der Waals surface area contributed by atoms with E-state index in [0.717, 1.165) is 0 Å². The fourth-order valence-corrected chi connectivity index (χ4v) is 5.61. The molecule has 3 aromatic heterocycles. The molecule has 0 aliphatic carbocycles. The third kappa shape index (κ3) is 3.88. The van der Waals surface area contributed by atoms with Crippen molar-refractivity contribution in [3.05, 3.63) is 66.6 Å². The van der Waals surface area contributed by atoms with E-state index in [1.807, 2.05) is 13.8 Å². The van der Waals surface area contributed by atoms with Crippen molar-refractivity contribution >= 4 is 27.0 Å². The van der Waals surface area contributed by atoms with Crippen LogP contribution >= 0.6 is 0 Å². The zero-order valence-electron chi connectivity index (χ0n) is 19.0. The first-order chi connectivity index (χ1) is 16.4. The van der Waals surface area contributed by atoms with E-state index in [4.69, 9.17) is 9.40 Å². The quantitative estimate of drug-likeness (QED) is 0.435. The molecule has 1 aromatic carbocycles. The molecule has 4 heterocycles. The Morgan fingerprint density at radius 2 is 1.76 bits per heavy atom. The number of aromatic nitrogens is 3. The van der Waals surface area contributed by atoms with Crippen LogP contribution in [0, 0.1) is 0 Å². The number of hydrogen-bond acceptors (Lipinski definition) is 6. The van der Waals surface area contributed by atoms with Crippen LogP contribution in [0.2, 0.25) is 0 Å². The van der Waals surface area contributed by atoms with Gasteiger partial charge in [-0.3, -0.25) is 4.79 Å². The molecule has 34 heavy (non-hydrogen) atoms. The molecule has 176 valence electrons. The van der Waals surface area contributed by atoms with E-state index >= 15 is 0 Å². The van der Waals surface area contributed by atoms with Crippen molar-refractivity contribution in [3.8, 4) is 11.5 Å². The lowest BCUT2D eigenvalue weighted by Gasteiger charge is -2.34. The van der Waals surface area contributed by atoms with Crippen LogP contribution in [0.25, 0.3) is 22.5 Å². The van der Waals surface area contributed by atoms with Crippen molar-refractivity contribution in [2.45, 2.75) is 24.8 Å². The number of carbonyl (C=O) groups excluding carboxylic acids is 1. The third-order valence-electron chi connectivity index (χ3n) is 5.97.